The van der Waals surface area contributed by atoms with Gasteiger partial charge in [-0.25, -0.2) is 9.97 Å². The number of pyridine rings is 1. The maximum Gasteiger partial charge on any atom is 0.309 e. The van der Waals surface area contributed by atoms with Gasteiger partial charge in [-0.1, -0.05) is 6.07 Å². The summed E-state index contributed by atoms with van der Waals surface area (Å²) in [4.78, 5) is 11.3. The minimum atomic E-state index is -0.709. The number of halogens is 1. The van der Waals surface area contributed by atoms with Gasteiger partial charge in [0.25, 0.3) is 0 Å². The van der Waals surface area contributed by atoms with Gasteiger partial charge in [0.05, 0.1) is 0 Å². The topological polar surface area (TPSA) is 38.7 Å². The highest BCUT2D eigenvalue weighted by atomic mass is 32.2. The van der Waals surface area contributed by atoms with Gasteiger partial charge in [-0.2, -0.15) is 9.37 Å². The minimum absolute atomic E-state index is 0.598. The van der Waals surface area contributed by atoms with E-state index in [1.165, 1.54) is 18.0 Å². The first-order chi connectivity index (χ1) is 7.25. The lowest BCUT2D eigenvalue weighted by Gasteiger charge is -2.02. The number of aromatic nitrogens is 3. The van der Waals surface area contributed by atoms with Gasteiger partial charge in [0, 0.05) is 18.0 Å². The van der Waals surface area contributed by atoms with Crippen LogP contribution >= 0.6 is 11.8 Å². The van der Waals surface area contributed by atoms with Crippen molar-refractivity contribution in [1.82, 2.24) is 15.0 Å². The average Bonchev–Trinajstić information content (AvgIpc) is 2.25. The Morgan fingerprint density at radius 2 is 2.13 bits per heavy atom. The van der Waals surface area contributed by atoms with Crippen LogP contribution in [0.5, 0.6) is 0 Å². The van der Waals surface area contributed by atoms with Crippen molar-refractivity contribution in [2.75, 3.05) is 0 Å². The molecule has 2 heterocycles. The van der Waals surface area contributed by atoms with Crippen molar-refractivity contribution in [2.45, 2.75) is 17.0 Å². The molecule has 0 saturated carbocycles. The van der Waals surface area contributed by atoms with E-state index in [0.717, 1.165) is 10.6 Å². The molecule has 0 atom stereocenters. The summed E-state index contributed by atoms with van der Waals surface area (Å²) in [5.41, 5.74) is 0.840. The fourth-order valence-corrected chi connectivity index (χ4v) is 1.81. The lowest BCUT2D eigenvalue weighted by molar-refractivity contribution is 0.525. The summed E-state index contributed by atoms with van der Waals surface area (Å²) in [5, 5.41) is 1.39. The Morgan fingerprint density at radius 3 is 2.87 bits per heavy atom. The van der Waals surface area contributed by atoms with Gasteiger partial charge >= 0.3 is 6.08 Å². The van der Waals surface area contributed by atoms with Crippen LogP contribution in [0.15, 0.2) is 40.6 Å². The molecule has 2 aromatic heterocycles. The Bertz CT molecular complexity index is 461. The molecular formula is C10H8FN3S. The lowest BCUT2D eigenvalue weighted by atomic mass is 10.4. The smallest absolute Gasteiger partial charge is 0.250 e. The quantitative estimate of drug-likeness (QED) is 0.577. The first-order valence-corrected chi connectivity index (χ1v) is 5.15. The molecule has 0 radical (unpaired) electrons. The van der Waals surface area contributed by atoms with Crippen molar-refractivity contribution in [1.29, 1.82) is 0 Å². The maximum atomic E-state index is 12.8. The second-order valence-electron chi connectivity index (χ2n) is 2.90. The van der Waals surface area contributed by atoms with Crippen molar-refractivity contribution in [3.8, 4) is 0 Å². The fourth-order valence-electron chi connectivity index (χ4n) is 1.02. The molecule has 15 heavy (non-hydrogen) atoms. The van der Waals surface area contributed by atoms with Crippen molar-refractivity contribution in [3.05, 3.63) is 42.2 Å². The van der Waals surface area contributed by atoms with Crippen LogP contribution in [-0.4, -0.2) is 15.0 Å². The van der Waals surface area contributed by atoms with E-state index in [2.05, 4.69) is 15.0 Å². The van der Waals surface area contributed by atoms with E-state index in [-0.39, 0.29) is 0 Å². The molecule has 0 aliphatic heterocycles. The Balaban J connectivity index is 2.28. The molecule has 2 rings (SSSR count). The summed E-state index contributed by atoms with van der Waals surface area (Å²) in [7, 11) is 0. The summed E-state index contributed by atoms with van der Waals surface area (Å²) in [5.74, 6) is 0. The fraction of sp³-hybridized carbons (Fsp3) is 0.100. The van der Waals surface area contributed by atoms with E-state index in [1.54, 1.807) is 6.20 Å². The lowest BCUT2D eigenvalue weighted by Crippen LogP contribution is -1.93. The van der Waals surface area contributed by atoms with Gasteiger partial charge in [0.15, 0.2) is 0 Å². The standard InChI is InChI=1S/C10H8FN3S/c1-7-6-13-10(11)14-9(7)15-8-4-2-3-5-12-8/h2-6H,1H3. The van der Waals surface area contributed by atoms with Gasteiger partial charge < -0.3 is 0 Å². The minimum Gasteiger partial charge on any atom is -0.250 e. The second kappa shape index (κ2) is 4.35. The zero-order chi connectivity index (χ0) is 10.7. The highest BCUT2D eigenvalue weighted by molar-refractivity contribution is 7.99. The molecule has 0 N–H and O–H groups in total. The zero-order valence-electron chi connectivity index (χ0n) is 8.01. The normalized spacial score (nSPS) is 10.3. The third kappa shape index (κ3) is 2.50. The predicted molar refractivity (Wildman–Crippen MR) is 55.1 cm³/mol. The first-order valence-electron chi connectivity index (χ1n) is 4.34. The van der Waals surface area contributed by atoms with Gasteiger partial charge in [0.1, 0.15) is 10.1 Å². The van der Waals surface area contributed by atoms with Crippen LogP contribution in [-0.2, 0) is 0 Å². The molecule has 0 aliphatic carbocycles. The molecule has 5 heteroatoms. The SMILES string of the molecule is Cc1cnc(F)nc1Sc1ccccn1. The monoisotopic (exact) mass is 221 g/mol. The number of rotatable bonds is 2. The van der Waals surface area contributed by atoms with Crippen molar-refractivity contribution in [3.63, 3.8) is 0 Å². The molecule has 0 aliphatic rings. The van der Waals surface area contributed by atoms with Crippen LogP contribution < -0.4 is 0 Å². The van der Waals surface area contributed by atoms with Crippen LogP contribution in [0.25, 0.3) is 0 Å². The van der Waals surface area contributed by atoms with E-state index >= 15 is 0 Å². The van der Waals surface area contributed by atoms with E-state index in [1.807, 2.05) is 25.1 Å². The van der Waals surface area contributed by atoms with Crippen molar-refractivity contribution >= 4 is 11.8 Å². The third-order valence-corrected chi connectivity index (χ3v) is 2.79. The van der Waals surface area contributed by atoms with Crippen molar-refractivity contribution in [2.24, 2.45) is 0 Å². The van der Waals surface area contributed by atoms with Gasteiger partial charge in [-0.15, -0.1) is 0 Å². The largest absolute Gasteiger partial charge is 0.309 e. The summed E-state index contributed by atoms with van der Waals surface area (Å²) in [6.45, 7) is 1.84. The third-order valence-electron chi connectivity index (χ3n) is 1.73. The molecule has 0 bridgehead atoms. The molecule has 0 amide bonds. The Morgan fingerprint density at radius 1 is 1.27 bits per heavy atom. The second-order valence-corrected chi connectivity index (χ2v) is 3.91. The highest BCUT2D eigenvalue weighted by Gasteiger charge is 2.05. The molecule has 0 fully saturated rings. The molecule has 0 saturated heterocycles. The summed E-state index contributed by atoms with van der Waals surface area (Å²) < 4.78 is 12.8. The molecule has 0 aromatic carbocycles. The summed E-state index contributed by atoms with van der Waals surface area (Å²) >= 11 is 1.33. The van der Waals surface area contributed by atoms with Crippen LogP contribution in [0.4, 0.5) is 4.39 Å². The highest BCUT2D eigenvalue weighted by Crippen LogP contribution is 2.25. The molecule has 0 unspecified atom stereocenters. The van der Waals surface area contributed by atoms with Crippen LogP contribution in [0, 0.1) is 13.0 Å². The maximum absolute atomic E-state index is 12.8. The van der Waals surface area contributed by atoms with Crippen LogP contribution in [0.1, 0.15) is 5.56 Å². The van der Waals surface area contributed by atoms with E-state index in [9.17, 15) is 4.39 Å². The van der Waals surface area contributed by atoms with Gasteiger partial charge in [-0.3, -0.25) is 0 Å². The molecule has 0 spiro atoms. The zero-order valence-corrected chi connectivity index (χ0v) is 8.83. The van der Waals surface area contributed by atoms with Gasteiger partial charge in [-0.05, 0) is 30.8 Å². The number of nitrogens with zero attached hydrogens (tertiary/aromatic N) is 3. The van der Waals surface area contributed by atoms with Gasteiger partial charge in [0.2, 0.25) is 0 Å². The van der Waals surface area contributed by atoms with Crippen LogP contribution in [0.2, 0.25) is 0 Å². The van der Waals surface area contributed by atoms with E-state index < -0.39 is 6.08 Å². The average molecular weight is 221 g/mol. The van der Waals surface area contributed by atoms with E-state index in [0.29, 0.717) is 5.03 Å². The number of hydrogen-bond acceptors (Lipinski definition) is 4. The Labute approximate surface area is 90.8 Å². The number of hydrogen-bond donors (Lipinski definition) is 0. The summed E-state index contributed by atoms with van der Waals surface area (Å²) in [6, 6.07) is 5.56. The molecule has 76 valence electrons. The summed E-state index contributed by atoms with van der Waals surface area (Å²) in [6.07, 6.45) is 2.45. The first kappa shape index (κ1) is 10.0. The predicted octanol–water partition coefficient (Wildman–Crippen LogP) is 2.47. The molecule has 3 nitrogen and oxygen atoms in total. The van der Waals surface area contributed by atoms with E-state index in [4.69, 9.17) is 0 Å². The number of aryl methyl sites for hydroxylation is 1. The van der Waals surface area contributed by atoms with Crippen molar-refractivity contribution < 1.29 is 4.39 Å². The molecular weight excluding hydrogens is 213 g/mol. The Hall–Kier alpha value is -1.49. The Kier molecular flexibility index (Phi) is 2.91. The van der Waals surface area contributed by atoms with Crippen LogP contribution in [0.3, 0.4) is 0 Å². The molecule has 2 aromatic rings.